The lowest BCUT2D eigenvalue weighted by atomic mass is 10.1. The molecule has 1 aromatic carbocycles. The monoisotopic (exact) mass is 270 g/mol. The Bertz CT molecular complexity index is 299. The molecular weight excluding hydrogens is 266 g/mol. The zero-order chi connectivity index (χ0) is 9.30. The Balaban J connectivity index is 3.33. The number of alkyl halides is 2. The van der Waals surface area contributed by atoms with Crippen molar-refractivity contribution in [2.24, 2.45) is 0 Å². The maximum absolute atomic E-state index is 13.1. The predicted octanol–water partition coefficient (Wildman–Crippen LogP) is 4.37. The van der Waals surface area contributed by atoms with Crippen LogP contribution in [0, 0.1) is 12.7 Å². The molecule has 0 saturated carbocycles. The molecule has 0 amide bonds. The van der Waals surface area contributed by atoms with Crippen molar-refractivity contribution < 1.29 is 4.39 Å². The normalized spacial score (nSPS) is 10.8. The van der Waals surface area contributed by atoms with Gasteiger partial charge in [0.05, 0.1) is 0 Å². The number of rotatable bonds is 1. The third-order valence-corrected chi connectivity index (χ3v) is 3.03. The first kappa shape index (κ1) is 10.3. The number of hydrogen-bond acceptors (Lipinski definition) is 0. The van der Waals surface area contributed by atoms with Gasteiger partial charge in [-0.1, -0.05) is 45.2 Å². The van der Waals surface area contributed by atoms with Gasteiger partial charge in [0.2, 0.25) is 0 Å². The van der Waals surface area contributed by atoms with Gasteiger partial charge in [0.25, 0.3) is 0 Å². The van der Waals surface area contributed by atoms with Gasteiger partial charge < -0.3 is 0 Å². The minimum absolute atomic E-state index is 0.304. The van der Waals surface area contributed by atoms with Gasteiger partial charge in [0.1, 0.15) is 10.7 Å². The lowest BCUT2D eigenvalue weighted by Gasteiger charge is -2.08. The molecule has 0 N–H and O–H groups in total. The Kier molecular flexibility index (Phi) is 3.38. The molecule has 0 nitrogen and oxygen atoms in total. The summed E-state index contributed by atoms with van der Waals surface area (Å²) in [5.74, 6) is -0.387. The summed E-state index contributed by atoms with van der Waals surface area (Å²) in [5.41, 5.74) is 1.22. The van der Waals surface area contributed by atoms with Gasteiger partial charge in [-0.05, 0) is 18.6 Å². The molecular formula is C8H6BrCl2F. The second kappa shape index (κ2) is 3.95. The van der Waals surface area contributed by atoms with Crippen LogP contribution in [0.2, 0.25) is 0 Å². The van der Waals surface area contributed by atoms with E-state index >= 15 is 0 Å². The standard InChI is InChI=1S/C8H6BrCl2F/c1-4-2-3-5(12)6(7(4)9)8(10)11/h2-3,8H,1H3. The molecule has 4 heteroatoms. The fourth-order valence-electron chi connectivity index (χ4n) is 0.878. The first-order valence-electron chi connectivity index (χ1n) is 3.26. The molecule has 0 heterocycles. The highest BCUT2D eigenvalue weighted by Gasteiger charge is 2.15. The highest BCUT2D eigenvalue weighted by atomic mass is 79.9. The van der Waals surface area contributed by atoms with Crippen LogP contribution in [0.3, 0.4) is 0 Å². The fourth-order valence-corrected chi connectivity index (χ4v) is 2.12. The van der Waals surface area contributed by atoms with Crippen LogP contribution in [0.25, 0.3) is 0 Å². The molecule has 0 radical (unpaired) electrons. The van der Waals surface area contributed by atoms with Crippen molar-refractivity contribution in [1.29, 1.82) is 0 Å². The quantitative estimate of drug-likeness (QED) is 0.666. The molecule has 0 bridgehead atoms. The van der Waals surface area contributed by atoms with E-state index in [1.54, 1.807) is 6.07 Å². The summed E-state index contributed by atoms with van der Waals surface area (Å²) in [6.45, 7) is 1.85. The van der Waals surface area contributed by atoms with Crippen LogP contribution in [-0.4, -0.2) is 0 Å². The molecule has 1 aromatic rings. The van der Waals surface area contributed by atoms with Gasteiger partial charge in [-0.25, -0.2) is 4.39 Å². The van der Waals surface area contributed by atoms with Crippen molar-refractivity contribution in [3.63, 3.8) is 0 Å². The van der Waals surface area contributed by atoms with Crippen molar-refractivity contribution in [2.75, 3.05) is 0 Å². The van der Waals surface area contributed by atoms with Crippen LogP contribution in [0.5, 0.6) is 0 Å². The molecule has 0 aromatic heterocycles. The van der Waals surface area contributed by atoms with E-state index in [0.29, 0.717) is 10.0 Å². The fraction of sp³-hybridized carbons (Fsp3) is 0.250. The minimum atomic E-state index is -0.834. The molecule has 0 unspecified atom stereocenters. The van der Waals surface area contributed by atoms with Gasteiger partial charge in [-0.3, -0.25) is 0 Å². The average Bonchev–Trinajstić information content (AvgIpc) is 1.97. The Morgan fingerprint density at radius 2 is 2.00 bits per heavy atom. The summed E-state index contributed by atoms with van der Waals surface area (Å²) in [4.78, 5) is -0.834. The molecule has 0 saturated heterocycles. The summed E-state index contributed by atoms with van der Waals surface area (Å²) < 4.78 is 13.7. The molecule has 0 spiro atoms. The summed E-state index contributed by atoms with van der Waals surface area (Å²) in [5, 5.41) is 0. The SMILES string of the molecule is Cc1ccc(F)c(C(Cl)Cl)c1Br. The summed E-state index contributed by atoms with van der Waals surface area (Å²) in [7, 11) is 0. The minimum Gasteiger partial charge on any atom is -0.207 e. The van der Waals surface area contributed by atoms with E-state index in [4.69, 9.17) is 23.2 Å². The van der Waals surface area contributed by atoms with Crippen LogP contribution in [0.1, 0.15) is 16.0 Å². The molecule has 0 aliphatic carbocycles. The van der Waals surface area contributed by atoms with Gasteiger partial charge in [-0.15, -0.1) is 0 Å². The van der Waals surface area contributed by atoms with Gasteiger partial charge in [-0.2, -0.15) is 0 Å². The maximum Gasteiger partial charge on any atom is 0.136 e. The lowest BCUT2D eigenvalue weighted by molar-refractivity contribution is 0.614. The predicted molar refractivity (Wildman–Crippen MR) is 53.3 cm³/mol. The van der Waals surface area contributed by atoms with Gasteiger partial charge in [0, 0.05) is 10.0 Å². The third-order valence-electron chi connectivity index (χ3n) is 1.54. The van der Waals surface area contributed by atoms with E-state index < -0.39 is 4.84 Å². The second-order valence-electron chi connectivity index (χ2n) is 2.39. The number of benzene rings is 1. The first-order valence-corrected chi connectivity index (χ1v) is 4.93. The van der Waals surface area contributed by atoms with Crippen LogP contribution in [-0.2, 0) is 0 Å². The lowest BCUT2D eigenvalue weighted by Crippen LogP contribution is -1.92. The number of hydrogen-bond donors (Lipinski definition) is 0. The van der Waals surface area contributed by atoms with Crippen molar-refractivity contribution in [1.82, 2.24) is 0 Å². The molecule has 0 aliphatic rings. The summed E-state index contributed by atoms with van der Waals surface area (Å²) >= 11 is 14.4. The Labute approximate surface area is 88.8 Å². The van der Waals surface area contributed by atoms with Gasteiger partial charge >= 0.3 is 0 Å². The van der Waals surface area contributed by atoms with E-state index in [0.717, 1.165) is 5.56 Å². The van der Waals surface area contributed by atoms with E-state index in [-0.39, 0.29) is 5.82 Å². The van der Waals surface area contributed by atoms with Crippen LogP contribution >= 0.6 is 39.1 Å². The average molecular weight is 272 g/mol. The van der Waals surface area contributed by atoms with E-state index in [2.05, 4.69) is 15.9 Å². The molecule has 0 fully saturated rings. The zero-order valence-corrected chi connectivity index (χ0v) is 9.34. The van der Waals surface area contributed by atoms with Gasteiger partial charge in [0.15, 0.2) is 0 Å². The summed E-state index contributed by atoms with van der Waals surface area (Å²) in [6, 6.07) is 3.02. The van der Waals surface area contributed by atoms with E-state index in [9.17, 15) is 4.39 Å². The Morgan fingerprint density at radius 3 is 2.42 bits per heavy atom. The maximum atomic E-state index is 13.1. The van der Waals surface area contributed by atoms with Crippen molar-refractivity contribution >= 4 is 39.1 Å². The van der Waals surface area contributed by atoms with Crippen LogP contribution in [0.15, 0.2) is 16.6 Å². The third kappa shape index (κ3) is 1.93. The van der Waals surface area contributed by atoms with E-state index in [1.165, 1.54) is 6.07 Å². The topological polar surface area (TPSA) is 0 Å². The zero-order valence-electron chi connectivity index (χ0n) is 6.24. The van der Waals surface area contributed by atoms with Crippen molar-refractivity contribution in [2.45, 2.75) is 11.8 Å². The molecule has 0 aliphatic heterocycles. The van der Waals surface area contributed by atoms with Crippen LogP contribution < -0.4 is 0 Å². The number of halogens is 4. The molecule has 0 atom stereocenters. The highest BCUT2D eigenvalue weighted by molar-refractivity contribution is 9.10. The number of aryl methyl sites for hydroxylation is 1. The smallest absolute Gasteiger partial charge is 0.136 e. The second-order valence-corrected chi connectivity index (χ2v) is 4.28. The van der Waals surface area contributed by atoms with Crippen molar-refractivity contribution in [3.05, 3.63) is 33.5 Å². The first-order chi connectivity index (χ1) is 5.54. The molecule has 12 heavy (non-hydrogen) atoms. The highest BCUT2D eigenvalue weighted by Crippen LogP contribution is 2.35. The Morgan fingerprint density at radius 1 is 1.42 bits per heavy atom. The van der Waals surface area contributed by atoms with E-state index in [1.807, 2.05) is 6.92 Å². The molecule has 66 valence electrons. The van der Waals surface area contributed by atoms with Crippen LogP contribution in [0.4, 0.5) is 4.39 Å². The Hall–Kier alpha value is 0.210. The largest absolute Gasteiger partial charge is 0.207 e. The molecule has 1 rings (SSSR count). The van der Waals surface area contributed by atoms with Crippen molar-refractivity contribution in [3.8, 4) is 0 Å². The summed E-state index contributed by atoms with van der Waals surface area (Å²) in [6.07, 6.45) is 0.